The molecular formula is C14H21FN2O2. The molecule has 0 spiro atoms. The lowest BCUT2D eigenvalue weighted by molar-refractivity contribution is -0.122. The molecule has 0 saturated heterocycles. The zero-order chi connectivity index (χ0) is 14.6. The molecule has 0 bridgehead atoms. The van der Waals surface area contributed by atoms with E-state index in [2.05, 4.69) is 5.32 Å². The van der Waals surface area contributed by atoms with Crippen LogP contribution in [0.4, 0.5) is 4.39 Å². The Morgan fingerprint density at radius 3 is 2.68 bits per heavy atom. The largest absolute Gasteiger partial charge is 0.496 e. The Bertz CT molecular complexity index is 455. The van der Waals surface area contributed by atoms with Crippen molar-refractivity contribution in [3.63, 3.8) is 0 Å². The Balaban J connectivity index is 2.80. The SMILES string of the molecule is COc1ccc(F)cc1C(C)NC(=O)CC(C)(C)N. The predicted octanol–water partition coefficient (Wildman–Crippen LogP) is 2.14. The maximum absolute atomic E-state index is 13.3. The van der Waals surface area contributed by atoms with Gasteiger partial charge in [-0.15, -0.1) is 0 Å². The highest BCUT2D eigenvalue weighted by molar-refractivity contribution is 5.77. The molecule has 1 aromatic rings. The van der Waals surface area contributed by atoms with Crippen molar-refractivity contribution in [2.24, 2.45) is 5.73 Å². The Morgan fingerprint density at radius 2 is 2.16 bits per heavy atom. The summed E-state index contributed by atoms with van der Waals surface area (Å²) in [5.74, 6) is 0.00331. The van der Waals surface area contributed by atoms with Gasteiger partial charge in [-0.1, -0.05) is 0 Å². The molecule has 3 N–H and O–H groups in total. The minimum absolute atomic E-state index is 0.175. The first-order valence-electron chi connectivity index (χ1n) is 6.14. The third-order valence-electron chi connectivity index (χ3n) is 2.65. The van der Waals surface area contributed by atoms with Gasteiger partial charge < -0.3 is 15.8 Å². The highest BCUT2D eigenvalue weighted by Crippen LogP contribution is 2.25. The van der Waals surface area contributed by atoms with Crippen molar-refractivity contribution in [2.75, 3.05) is 7.11 Å². The molecule has 0 heterocycles. The monoisotopic (exact) mass is 268 g/mol. The van der Waals surface area contributed by atoms with Crippen LogP contribution < -0.4 is 15.8 Å². The third-order valence-corrected chi connectivity index (χ3v) is 2.65. The van der Waals surface area contributed by atoms with E-state index >= 15 is 0 Å². The highest BCUT2D eigenvalue weighted by atomic mass is 19.1. The van der Waals surface area contributed by atoms with Gasteiger partial charge in [-0.25, -0.2) is 4.39 Å². The predicted molar refractivity (Wildman–Crippen MR) is 72.4 cm³/mol. The summed E-state index contributed by atoms with van der Waals surface area (Å²) in [6.07, 6.45) is 0.203. The summed E-state index contributed by atoms with van der Waals surface area (Å²) in [6.45, 7) is 5.33. The third kappa shape index (κ3) is 4.87. The summed E-state index contributed by atoms with van der Waals surface area (Å²) in [4.78, 5) is 11.8. The summed E-state index contributed by atoms with van der Waals surface area (Å²) in [6, 6.07) is 3.87. The first kappa shape index (κ1) is 15.4. The van der Waals surface area contributed by atoms with Gasteiger partial charge in [-0.05, 0) is 39.0 Å². The zero-order valence-corrected chi connectivity index (χ0v) is 11.8. The number of methoxy groups -OCH3 is 1. The van der Waals surface area contributed by atoms with Crippen LogP contribution in [0.5, 0.6) is 5.75 Å². The van der Waals surface area contributed by atoms with E-state index in [-0.39, 0.29) is 24.2 Å². The second kappa shape index (κ2) is 6.02. The molecule has 0 saturated carbocycles. The normalized spacial score (nSPS) is 12.9. The highest BCUT2D eigenvalue weighted by Gasteiger charge is 2.20. The number of halogens is 1. The molecule has 19 heavy (non-hydrogen) atoms. The van der Waals surface area contributed by atoms with E-state index in [1.807, 2.05) is 0 Å². The fraction of sp³-hybridized carbons (Fsp3) is 0.500. The van der Waals surface area contributed by atoms with E-state index in [9.17, 15) is 9.18 Å². The standard InChI is InChI=1S/C14H21FN2O2/c1-9(17-13(18)8-14(2,3)16)11-7-10(15)5-6-12(11)19-4/h5-7,9H,8,16H2,1-4H3,(H,17,18). The van der Waals surface area contributed by atoms with Gasteiger partial charge in [0.05, 0.1) is 13.2 Å². The second-order valence-corrected chi connectivity index (χ2v) is 5.34. The van der Waals surface area contributed by atoms with Crippen molar-refractivity contribution < 1.29 is 13.9 Å². The molecule has 0 radical (unpaired) electrons. The average molecular weight is 268 g/mol. The number of carbonyl (C=O) groups is 1. The van der Waals surface area contributed by atoms with Crippen LogP contribution in [-0.2, 0) is 4.79 Å². The molecule has 0 aliphatic rings. The fourth-order valence-corrected chi connectivity index (χ4v) is 1.83. The first-order valence-corrected chi connectivity index (χ1v) is 6.14. The molecule has 5 heteroatoms. The van der Waals surface area contributed by atoms with Gasteiger partial charge in [0.25, 0.3) is 0 Å². The number of ether oxygens (including phenoxy) is 1. The van der Waals surface area contributed by atoms with Crippen LogP contribution in [0.2, 0.25) is 0 Å². The van der Waals surface area contributed by atoms with Crippen LogP contribution in [0.15, 0.2) is 18.2 Å². The Kier molecular flexibility index (Phi) is 4.89. The van der Waals surface area contributed by atoms with Gasteiger partial charge in [0.15, 0.2) is 0 Å². The summed E-state index contributed by atoms with van der Waals surface area (Å²) >= 11 is 0. The summed E-state index contributed by atoms with van der Waals surface area (Å²) in [5, 5.41) is 2.79. The van der Waals surface area contributed by atoms with Crippen LogP contribution >= 0.6 is 0 Å². The lowest BCUT2D eigenvalue weighted by Gasteiger charge is -2.21. The van der Waals surface area contributed by atoms with Crippen molar-refractivity contribution in [1.82, 2.24) is 5.32 Å². The van der Waals surface area contributed by atoms with E-state index in [1.165, 1.54) is 19.2 Å². The maximum atomic E-state index is 13.3. The summed E-state index contributed by atoms with van der Waals surface area (Å²) < 4.78 is 18.4. The van der Waals surface area contributed by atoms with Crippen molar-refractivity contribution in [3.05, 3.63) is 29.6 Å². The summed E-state index contributed by atoms with van der Waals surface area (Å²) in [7, 11) is 1.51. The van der Waals surface area contributed by atoms with Crippen molar-refractivity contribution in [3.8, 4) is 5.75 Å². The number of nitrogens with one attached hydrogen (secondary N) is 1. The molecule has 1 amide bonds. The molecule has 0 aliphatic carbocycles. The van der Waals surface area contributed by atoms with Gasteiger partial charge in [-0.3, -0.25) is 4.79 Å². The van der Waals surface area contributed by atoms with E-state index in [0.29, 0.717) is 11.3 Å². The molecular weight excluding hydrogens is 247 g/mol. The van der Waals surface area contributed by atoms with E-state index in [4.69, 9.17) is 10.5 Å². The number of hydrogen-bond donors (Lipinski definition) is 2. The average Bonchev–Trinajstić information content (AvgIpc) is 2.26. The number of rotatable bonds is 5. The maximum Gasteiger partial charge on any atom is 0.222 e. The van der Waals surface area contributed by atoms with Gasteiger partial charge in [0.2, 0.25) is 5.91 Å². The Morgan fingerprint density at radius 1 is 1.53 bits per heavy atom. The Labute approximate surface area is 113 Å². The first-order chi connectivity index (χ1) is 8.73. The molecule has 0 aromatic heterocycles. The topological polar surface area (TPSA) is 64.3 Å². The minimum atomic E-state index is -0.574. The van der Waals surface area contributed by atoms with Gasteiger partial charge in [0, 0.05) is 17.5 Å². The van der Waals surface area contributed by atoms with E-state index in [1.54, 1.807) is 26.8 Å². The van der Waals surface area contributed by atoms with Crippen LogP contribution in [0, 0.1) is 5.82 Å². The molecule has 0 aliphatic heterocycles. The second-order valence-electron chi connectivity index (χ2n) is 5.34. The van der Waals surface area contributed by atoms with Crippen molar-refractivity contribution in [1.29, 1.82) is 0 Å². The smallest absolute Gasteiger partial charge is 0.222 e. The molecule has 1 aromatic carbocycles. The number of hydrogen-bond acceptors (Lipinski definition) is 3. The van der Waals surface area contributed by atoms with Crippen molar-refractivity contribution in [2.45, 2.75) is 38.8 Å². The molecule has 4 nitrogen and oxygen atoms in total. The molecule has 1 rings (SSSR count). The lowest BCUT2D eigenvalue weighted by Crippen LogP contribution is -2.39. The summed E-state index contributed by atoms with van der Waals surface area (Å²) in [5.41, 5.74) is 5.81. The molecule has 1 unspecified atom stereocenters. The van der Waals surface area contributed by atoms with Crippen LogP contribution in [0.25, 0.3) is 0 Å². The van der Waals surface area contributed by atoms with Crippen molar-refractivity contribution >= 4 is 5.91 Å². The van der Waals surface area contributed by atoms with Crippen LogP contribution in [0.3, 0.4) is 0 Å². The quantitative estimate of drug-likeness (QED) is 0.860. The minimum Gasteiger partial charge on any atom is -0.496 e. The Hall–Kier alpha value is -1.62. The number of carbonyl (C=O) groups excluding carboxylic acids is 1. The molecule has 1 atom stereocenters. The number of nitrogens with two attached hydrogens (primary N) is 1. The molecule has 0 fully saturated rings. The zero-order valence-electron chi connectivity index (χ0n) is 11.8. The van der Waals surface area contributed by atoms with Gasteiger partial charge in [0.1, 0.15) is 11.6 Å². The number of benzene rings is 1. The van der Waals surface area contributed by atoms with Gasteiger partial charge in [-0.2, -0.15) is 0 Å². The number of amides is 1. The lowest BCUT2D eigenvalue weighted by atomic mass is 10.0. The van der Waals surface area contributed by atoms with E-state index < -0.39 is 5.54 Å². The van der Waals surface area contributed by atoms with E-state index in [0.717, 1.165) is 0 Å². The fourth-order valence-electron chi connectivity index (χ4n) is 1.83. The van der Waals surface area contributed by atoms with Crippen LogP contribution in [0.1, 0.15) is 38.8 Å². The van der Waals surface area contributed by atoms with Gasteiger partial charge >= 0.3 is 0 Å². The van der Waals surface area contributed by atoms with Crippen LogP contribution in [-0.4, -0.2) is 18.6 Å². The molecule has 106 valence electrons.